The minimum atomic E-state index is -0.821. The lowest BCUT2D eigenvalue weighted by molar-refractivity contribution is -0.137. The van der Waals surface area contributed by atoms with Crippen molar-refractivity contribution in [3.8, 4) is 0 Å². The van der Waals surface area contributed by atoms with Crippen molar-refractivity contribution >= 4 is 17.8 Å². The summed E-state index contributed by atoms with van der Waals surface area (Å²) in [5.74, 6) is -0.180. The fourth-order valence-corrected chi connectivity index (χ4v) is 4.22. The molecule has 0 radical (unpaired) electrons. The number of imide groups is 1. The third-order valence-electron chi connectivity index (χ3n) is 5.61. The minimum Gasteiger partial charge on any atom is -0.342 e. The van der Waals surface area contributed by atoms with Crippen LogP contribution in [0.25, 0.3) is 0 Å². The topological polar surface area (TPSA) is 78.5 Å². The van der Waals surface area contributed by atoms with Gasteiger partial charge in [-0.15, -0.1) is 0 Å². The van der Waals surface area contributed by atoms with Gasteiger partial charge in [0.1, 0.15) is 5.54 Å². The summed E-state index contributed by atoms with van der Waals surface area (Å²) in [6.45, 7) is 1.01. The summed E-state index contributed by atoms with van der Waals surface area (Å²) >= 11 is 0. The maximum atomic E-state index is 13.0. The average Bonchev–Trinajstić information content (AvgIpc) is 2.87. The molecule has 2 heterocycles. The van der Waals surface area contributed by atoms with E-state index in [-0.39, 0.29) is 17.7 Å². The van der Waals surface area contributed by atoms with E-state index in [1.807, 2.05) is 17.0 Å². The molecular weight excluding hydrogens is 306 g/mol. The Bertz CT molecular complexity index is 707. The molecule has 1 aromatic rings. The van der Waals surface area contributed by atoms with E-state index in [9.17, 15) is 14.4 Å². The first-order valence-electron chi connectivity index (χ1n) is 8.59. The van der Waals surface area contributed by atoms with Crippen LogP contribution in [0.15, 0.2) is 24.3 Å². The maximum absolute atomic E-state index is 13.0. The van der Waals surface area contributed by atoms with Crippen molar-refractivity contribution in [3.63, 3.8) is 0 Å². The zero-order chi connectivity index (χ0) is 16.7. The first-order valence-corrected chi connectivity index (χ1v) is 8.59. The monoisotopic (exact) mass is 327 g/mol. The summed E-state index contributed by atoms with van der Waals surface area (Å²) in [5.41, 5.74) is 1.61. The summed E-state index contributed by atoms with van der Waals surface area (Å²) in [5, 5.41) is 5.04. The molecule has 4 amide bonds. The highest BCUT2D eigenvalue weighted by molar-refractivity contribution is 6.07. The Morgan fingerprint density at radius 1 is 1.17 bits per heavy atom. The second-order valence-corrected chi connectivity index (χ2v) is 6.96. The van der Waals surface area contributed by atoms with Crippen molar-refractivity contribution in [1.82, 2.24) is 15.5 Å². The molecule has 1 aliphatic carbocycles. The Morgan fingerprint density at radius 2 is 1.92 bits per heavy atom. The second-order valence-electron chi connectivity index (χ2n) is 6.96. The molecule has 1 aromatic carbocycles. The molecule has 0 aromatic heterocycles. The van der Waals surface area contributed by atoms with Crippen molar-refractivity contribution in [3.05, 3.63) is 35.4 Å². The highest BCUT2D eigenvalue weighted by Gasteiger charge is 2.48. The van der Waals surface area contributed by atoms with Crippen molar-refractivity contribution in [2.24, 2.45) is 0 Å². The molecule has 6 heteroatoms. The minimum absolute atomic E-state index is 0.0732. The fraction of sp³-hybridized carbons (Fsp3) is 0.500. The molecule has 2 aliphatic heterocycles. The van der Waals surface area contributed by atoms with Gasteiger partial charge in [-0.05, 0) is 43.2 Å². The van der Waals surface area contributed by atoms with Crippen LogP contribution in [0.3, 0.4) is 0 Å². The first kappa shape index (κ1) is 15.2. The molecule has 6 nitrogen and oxygen atoms in total. The van der Waals surface area contributed by atoms with Crippen LogP contribution in [0.1, 0.15) is 42.7 Å². The lowest BCUT2D eigenvalue weighted by Gasteiger charge is -2.39. The average molecular weight is 327 g/mol. The van der Waals surface area contributed by atoms with E-state index in [1.165, 1.54) is 5.56 Å². The largest absolute Gasteiger partial charge is 0.342 e. The summed E-state index contributed by atoms with van der Waals surface area (Å²) in [4.78, 5) is 38.3. The van der Waals surface area contributed by atoms with Crippen LogP contribution in [0.4, 0.5) is 4.79 Å². The van der Waals surface area contributed by atoms with Crippen LogP contribution >= 0.6 is 0 Å². The summed E-state index contributed by atoms with van der Waals surface area (Å²) in [6.07, 6.45) is 3.91. The number of rotatable bonds is 1. The quantitative estimate of drug-likeness (QED) is 0.763. The molecular formula is C18H21N3O3. The SMILES string of the molecule is O=C1NC(=O)C2(CCN(C(=O)C3CCCc4ccccc43)CC2)N1. The van der Waals surface area contributed by atoms with Gasteiger partial charge < -0.3 is 10.2 Å². The fourth-order valence-electron chi connectivity index (χ4n) is 4.22. The van der Waals surface area contributed by atoms with Crippen LogP contribution < -0.4 is 10.6 Å². The van der Waals surface area contributed by atoms with Crippen LogP contribution in [0.2, 0.25) is 0 Å². The van der Waals surface area contributed by atoms with Crippen molar-refractivity contribution < 1.29 is 14.4 Å². The van der Waals surface area contributed by atoms with Crippen molar-refractivity contribution in [1.29, 1.82) is 0 Å². The van der Waals surface area contributed by atoms with Crippen molar-refractivity contribution in [2.75, 3.05) is 13.1 Å². The summed E-state index contributed by atoms with van der Waals surface area (Å²) < 4.78 is 0. The molecule has 4 rings (SSSR count). The van der Waals surface area contributed by atoms with E-state index in [2.05, 4.69) is 22.8 Å². The van der Waals surface area contributed by atoms with Gasteiger partial charge in [0, 0.05) is 13.1 Å². The van der Waals surface area contributed by atoms with Crippen LogP contribution in [-0.2, 0) is 16.0 Å². The number of amides is 4. The van der Waals surface area contributed by atoms with E-state index in [0.717, 1.165) is 24.8 Å². The molecule has 3 aliphatic rings. The molecule has 24 heavy (non-hydrogen) atoms. The second kappa shape index (κ2) is 5.61. The first-order chi connectivity index (χ1) is 11.6. The standard InChI is InChI=1S/C18H21N3O3/c22-15(14-7-3-5-12-4-1-2-6-13(12)14)21-10-8-18(9-11-21)16(23)19-17(24)20-18/h1-2,4,6,14H,3,5,7-11H2,(H2,19,20,23,24). The van der Waals surface area contributed by atoms with E-state index in [1.54, 1.807) is 0 Å². The van der Waals surface area contributed by atoms with Gasteiger partial charge in [-0.2, -0.15) is 0 Å². The molecule has 2 saturated heterocycles. The third-order valence-corrected chi connectivity index (χ3v) is 5.61. The van der Waals surface area contributed by atoms with Crippen LogP contribution in [-0.4, -0.2) is 41.4 Å². The van der Waals surface area contributed by atoms with Gasteiger partial charge in [-0.3, -0.25) is 14.9 Å². The number of benzene rings is 1. The molecule has 0 bridgehead atoms. The van der Waals surface area contributed by atoms with Gasteiger partial charge >= 0.3 is 6.03 Å². The Morgan fingerprint density at radius 3 is 2.62 bits per heavy atom. The van der Waals surface area contributed by atoms with E-state index in [4.69, 9.17) is 0 Å². The molecule has 0 saturated carbocycles. The predicted octanol–water partition coefficient (Wildman–Crippen LogP) is 1.31. The van der Waals surface area contributed by atoms with Gasteiger partial charge in [0.25, 0.3) is 5.91 Å². The number of aryl methyl sites for hydroxylation is 1. The predicted molar refractivity (Wildman–Crippen MR) is 87.3 cm³/mol. The summed E-state index contributed by atoms with van der Waals surface area (Å²) in [7, 11) is 0. The number of likely N-dealkylation sites (tertiary alicyclic amines) is 1. The normalized spacial score (nSPS) is 25.2. The van der Waals surface area contributed by atoms with E-state index >= 15 is 0 Å². The number of hydrogen-bond donors (Lipinski definition) is 2. The molecule has 1 spiro atoms. The number of nitrogens with zero attached hydrogens (tertiary/aromatic N) is 1. The van der Waals surface area contributed by atoms with Crippen LogP contribution in [0, 0.1) is 0 Å². The van der Waals surface area contributed by atoms with Crippen molar-refractivity contribution in [2.45, 2.75) is 43.6 Å². The summed E-state index contributed by atoms with van der Waals surface area (Å²) in [6, 6.07) is 7.76. The highest BCUT2D eigenvalue weighted by atomic mass is 16.2. The lowest BCUT2D eigenvalue weighted by atomic mass is 9.81. The molecule has 126 valence electrons. The number of carbonyl (C=O) groups excluding carboxylic acids is 3. The Hall–Kier alpha value is -2.37. The number of nitrogens with one attached hydrogen (secondary N) is 2. The van der Waals surface area contributed by atoms with E-state index < -0.39 is 11.6 Å². The van der Waals surface area contributed by atoms with Gasteiger partial charge in [-0.25, -0.2) is 4.79 Å². The Kier molecular flexibility index (Phi) is 3.55. The Balaban J connectivity index is 1.48. The molecule has 2 N–H and O–H groups in total. The molecule has 2 fully saturated rings. The number of piperidine rings is 1. The third kappa shape index (κ3) is 2.37. The van der Waals surface area contributed by atoms with Gasteiger partial charge in [-0.1, -0.05) is 24.3 Å². The lowest BCUT2D eigenvalue weighted by Crippen LogP contribution is -2.56. The van der Waals surface area contributed by atoms with Gasteiger partial charge in [0.2, 0.25) is 5.91 Å². The van der Waals surface area contributed by atoms with E-state index in [0.29, 0.717) is 25.9 Å². The number of carbonyl (C=O) groups is 3. The Labute approximate surface area is 140 Å². The van der Waals surface area contributed by atoms with Crippen LogP contribution in [0.5, 0.6) is 0 Å². The molecule has 1 atom stereocenters. The number of hydrogen-bond acceptors (Lipinski definition) is 3. The highest BCUT2D eigenvalue weighted by Crippen LogP contribution is 2.34. The van der Waals surface area contributed by atoms with Gasteiger partial charge in [0.15, 0.2) is 0 Å². The van der Waals surface area contributed by atoms with Gasteiger partial charge in [0.05, 0.1) is 5.92 Å². The zero-order valence-electron chi connectivity index (χ0n) is 13.5. The number of fused-ring (bicyclic) bond motifs is 1. The zero-order valence-corrected chi connectivity index (χ0v) is 13.5. The maximum Gasteiger partial charge on any atom is 0.322 e. The molecule has 1 unspecified atom stereocenters. The number of urea groups is 1. The smallest absolute Gasteiger partial charge is 0.322 e.